The van der Waals surface area contributed by atoms with Gasteiger partial charge in [-0.05, 0) is 27.7 Å². The van der Waals surface area contributed by atoms with Gasteiger partial charge in [-0.2, -0.15) is 12.8 Å². The lowest BCUT2D eigenvalue weighted by Gasteiger charge is -2.28. The zero-order chi connectivity index (χ0) is 14.5. The van der Waals surface area contributed by atoms with Crippen molar-refractivity contribution < 1.29 is 33.2 Å². The lowest BCUT2D eigenvalue weighted by Crippen LogP contribution is -2.44. The zero-order valence-electron chi connectivity index (χ0n) is 10.6. The molecule has 0 spiro atoms. The number of rotatable bonds is 8. The molecular weight excluding hydrogens is 268 g/mol. The fourth-order valence-electron chi connectivity index (χ4n) is 1.03. The third kappa shape index (κ3) is 6.13. The van der Waals surface area contributed by atoms with Crippen molar-refractivity contribution >= 4 is 11.4 Å². The summed E-state index contributed by atoms with van der Waals surface area (Å²) in [5.74, 6) is 0. The average molecular weight is 288 g/mol. The number of hydrogen-bond acceptors (Lipinski definition) is 9. The van der Waals surface area contributed by atoms with Crippen LogP contribution < -0.4 is 0 Å². The van der Waals surface area contributed by atoms with Gasteiger partial charge in [0.15, 0.2) is 0 Å². The molecule has 0 radical (unpaired) electrons. The van der Waals surface area contributed by atoms with Crippen LogP contribution in [-0.4, -0.2) is 59.7 Å². The summed E-state index contributed by atoms with van der Waals surface area (Å²) in [5.41, 5.74) is 0. The Bertz CT molecular complexity index is 222. The maximum atomic E-state index is 11.4. The van der Waals surface area contributed by atoms with Crippen LogP contribution in [0.5, 0.6) is 0 Å². The first kappa shape index (κ1) is 17.8. The summed E-state index contributed by atoms with van der Waals surface area (Å²) >= 11 is -2.45. The Kier molecular flexibility index (Phi) is 8.02. The Morgan fingerprint density at radius 1 is 0.778 bits per heavy atom. The molecule has 0 aliphatic rings. The second-order valence-electron chi connectivity index (χ2n) is 3.60. The summed E-state index contributed by atoms with van der Waals surface area (Å²) < 4.78 is 20.7. The fraction of sp³-hybridized carbons (Fsp3) is 1.00. The van der Waals surface area contributed by atoms with Gasteiger partial charge in [-0.15, -0.1) is 10.1 Å². The Hall–Kier alpha value is -0.170. The standard InChI is InChI=1S/C8H20N2O7S/c1-5(11)9(6(2)12)16-18(15)17-10(7(3)13)8(4)14/h5-8,11-14H,1-4H3. The van der Waals surface area contributed by atoms with Crippen molar-refractivity contribution in [2.75, 3.05) is 0 Å². The number of aliphatic hydroxyl groups excluding tert-OH is 4. The molecule has 0 heterocycles. The number of aliphatic hydroxyl groups is 4. The molecule has 4 N–H and O–H groups in total. The molecule has 4 atom stereocenters. The minimum absolute atomic E-state index is 0.623. The molecule has 0 amide bonds. The normalized spacial score (nSPS) is 20.8. The van der Waals surface area contributed by atoms with Crippen LogP contribution in [0.1, 0.15) is 27.7 Å². The topological polar surface area (TPSA) is 123 Å². The molecule has 4 unspecified atom stereocenters. The summed E-state index contributed by atoms with van der Waals surface area (Å²) in [6, 6.07) is 0. The highest BCUT2D eigenvalue weighted by Crippen LogP contribution is 2.09. The molecule has 0 saturated carbocycles. The molecule has 0 saturated heterocycles. The first-order chi connectivity index (χ1) is 8.16. The number of hydrogen-bond donors (Lipinski definition) is 4. The monoisotopic (exact) mass is 288 g/mol. The van der Waals surface area contributed by atoms with Crippen LogP contribution in [0.3, 0.4) is 0 Å². The van der Waals surface area contributed by atoms with Crippen LogP contribution in [0.4, 0.5) is 0 Å². The highest BCUT2D eigenvalue weighted by atomic mass is 32.2. The Morgan fingerprint density at radius 3 is 1.17 bits per heavy atom. The molecule has 0 aromatic rings. The number of nitrogens with zero attached hydrogens (tertiary/aromatic N) is 2. The Balaban J connectivity index is 4.48. The molecule has 9 nitrogen and oxygen atoms in total. The quantitative estimate of drug-likeness (QED) is 0.308. The molecule has 0 aliphatic heterocycles. The van der Waals surface area contributed by atoms with Gasteiger partial charge in [-0.3, -0.25) is 0 Å². The molecule has 18 heavy (non-hydrogen) atoms. The van der Waals surface area contributed by atoms with Crippen molar-refractivity contribution in [1.82, 2.24) is 10.1 Å². The van der Waals surface area contributed by atoms with E-state index in [2.05, 4.69) is 8.57 Å². The molecule has 0 aliphatic carbocycles. The van der Waals surface area contributed by atoms with Gasteiger partial charge in [0, 0.05) is 0 Å². The van der Waals surface area contributed by atoms with Gasteiger partial charge in [-0.1, -0.05) is 0 Å². The third-order valence-electron chi connectivity index (χ3n) is 1.77. The van der Waals surface area contributed by atoms with E-state index in [0.717, 1.165) is 0 Å². The van der Waals surface area contributed by atoms with E-state index < -0.39 is 36.3 Å². The largest absolute Gasteiger partial charge is 0.376 e. The van der Waals surface area contributed by atoms with E-state index >= 15 is 0 Å². The van der Waals surface area contributed by atoms with Crippen molar-refractivity contribution in [3.63, 3.8) is 0 Å². The SMILES string of the molecule is CC(O)N(OS(=O)ON(C(C)O)C(C)O)C(C)O. The zero-order valence-corrected chi connectivity index (χ0v) is 11.4. The first-order valence-corrected chi connectivity index (χ1v) is 6.24. The smallest absolute Gasteiger partial charge is 0.340 e. The van der Waals surface area contributed by atoms with Gasteiger partial charge in [0.1, 0.15) is 24.9 Å². The molecule has 0 aromatic carbocycles. The fourth-order valence-corrected chi connectivity index (χ4v) is 1.83. The maximum Gasteiger partial charge on any atom is 0.340 e. The summed E-state index contributed by atoms with van der Waals surface area (Å²) in [4.78, 5) is 0. The summed E-state index contributed by atoms with van der Waals surface area (Å²) in [7, 11) is 0. The van der Waals surface area contributed by atoms with E-state index in [1.807, 2.05) is 0 Å². The summed E-state index contributed by atoms with van der Waals surface area (Å²) in [6.45, 7) is 5.13. The highest BCUT2D eigenvalue weighted by Gasteiger charge is 2.26. The van der Waals surface area contributed by atoms with Crippen molar-refractivity contribution in [2.45, 2.75) is 52.6 Å². The van der Waals surface area contributed by atoms with Crippen LogP contribution in [0.2, 0.25) is 0 Å². The van der Waals surface area contributed by atoms with Crippen LogP contribution in [0.15, 0.2) is 0 Å². The molecular formula is C8H20N2O7S. The van der Waals surface area contributed by atoms with Crippen LogP contribution in [-0.2, 0) is 19.9 Å². The Morgan fingerprint density at radius 2 is 1.00 bits per heavy atom. The second kappa shape index (κ2) is 8.09. The predicted molar refractivity (Wildman–Crippen MR) is 60.7 cm³/mol. The lowest BCUT2D eigenvalue weighted by atomic mass is 10.5. The lowest BCUT2D eigenvalue weighted by molar-refractivity contribution is -0.263. The van der Waals surface area contributed by atoms with E-state index in [4.69, 9.17) is 0 Å². The maximum absolute atomic E-state index is 11.4. The molecule has 110 valence electrons. The summed E-state index contributed by atoms with van der Waals surface area (Å²) in [6.07, 6.45) is -4.93. The van der Waals surface area contributed by atoms with E-state index in [9.17, 15) is 24.6 Å². The van der Waals surface area contributed by atoms with Gasteiger partial charge in [0.05, 0.1) is 0 Å². The molecule has 10 heteroatoms. The van der Waals surface area contributed by atoms with Crippen molar-refractivity contribution in [3.05, 3.63) is 0 Å². The predicted octanol–water partition coefficient (Wildman–Crippen LogP) is -1.61. The highest BCUT2D eigenvalue weighted by molar-refractivity contribution is 7.75. The number of hydroxylamine groups is 4. The van der Waals surface area contributed by atoms with E-state index in [-0.39, 0.29) is 0 Å². The van der Waals surface area contributed by atoms with Crippen LogP contribution >= 0.6 is 0 Å². The van der Waals surface area contributed by atoms with Crippen molar-refractivity contribution in [2.24, 2.45) is 0 Å². The van der Waals surface area contributed by atoms with Crippen molar-refractivity contribution in [3.8, 4) is 0 Å². The van der Waals surface area contributed by atoms with Crippen molar-refractivity contribution in [1.29, 1.82) is 0 Å². The summed E-state index contributed by atoms with van der Waals surface area (Å²) in [5, 5.41) is 38.1. The van der Waals surface area contributed by atoms with Crippen LogP contribution in [0.25, 0.3) is 0 Å². The van der Waals surface area contributed by atoms with Gasteiger partial charge >= 0.3 is 11.4 Å². The van der Waals surface area contributed by atoms with E-state index in [0.29, 0.717) is 10.1 Å². The Labute approximate surface area is 108 Å². The molecule has 0 bridgehead atoms. The van der Waals surface area contributed by atoms with Gasteiger partial charge in [0.2, 0.25) is 0 Å². The molecule has 0 aromatic heterocycles. The average Bonchev–Trinajstić information content (AvgIpc) is 2.20. The van der Waals surface area contributed by atoms with Crippen LogP contribution in [0, 0.1) is 0 Å². The van der Waals surface area contributed by atoms with Gasteiger partial charge in [-0.25, -0.2) is 0 Å². The van der Waals surface area contributed by atoms with E-state index in [1.54, 1.807) is 0 Å². The molecule has 0 rings (SSSR count). The minimum atomic E-state index is -2.45. The van der Waals surface area contributed by atoms with Gasteiger partial charge in [0.25, 0.3) is 0 Å². The van der Waals surface area contributed by atoms with E-state index in [1.165, 1.54) is 27.7 Å². The first-order valence-electron chi connectivity index (χ1n) is 5.24. The molecule has 0 fully saturated rings. The minimum Gasteiger partial charge on any atom is -0.376 e. The van der Waals surface area contributed by atoms with Gasteiger partial charge < -0.3 is 20.4 Å². The third-order valence-corrected chi connectivity index (χ3v) is 2.35. The second-order valence-corrected chi connectivity index (χ2v) is 4.31.